The van der Waals surface area contributed by atoms with Crippen LogP contribution in [0.25, 0.3) is 0 Å². The van der Waals surface area contributed by atoms with Crippen molar-refractivity contribution in [2.45, 2.75) is 31.1 Å². The van der Waals surface area contributed by atoms with Gasteiger partial charge < -0.3 is 19.5 Å². The second-order valence-electron chi connectivity index (χ2n) is 7.52. The highest BCUT2D eigenvalue weighted by Crippen LogP contribution is 2.32. The molecule has 0 bridgehead atoms. The molecule has 3 heterocycles. The molecule has 2 aliphatic rings. The van der Waals surface area contributed by atoms with Gasteiger partial charge in [-0.15, -0.1) is 0 Å². The fraction of sp³-hybridized carbons (Fsp3) is 0.500. The monoisotopic (exact) mass is 434 g/mol. The number of aryl methyl sites for hydroxylation is 1. The molecule has 2 saturated heterocycles. The van der Waals surface area contributed by atoms with Gasteiger partial charge in [0.15, 0.2) is 5.69 Å². The third-order valence-electron chi connectivity index (χ3n) is 5.38. The molecule has 30 heavy (non-hydrogen) atoms. The first-order valence-electron chi connectivity index (χ1n) is 10.2. The summed E-state index contributed by atoms with van der Waals surface area (Å²) in [4.78, 5) is 15.0. The van der Waals surface area contributed by atoms with E-state index in [1.165, 1.54) is 10.7 Å². The number of piperidine rings is 1. The van der Waals surface area contributed by atoms with Gasteiger partial charge in [-0.1, -0.05) is 5.16 Å². The van der Waals surface area contributed by atoms with Crippen LogP contribution in [-0.4, -0.2) is 63.2 Å². The first-order valence-corrected chi connectivity index (χ1v) is 11.6. The normalized spacial score (nSPS) is 18.4. The van der Waals surface area contributed by atoms with Crippen LogP contribution >= 0.6 is 0 Å². The van der Waals surface area contributed by atoms with Gasteiger partial charge in [-0.05, 0) is 44.4 Å². The molecule has 10 heteroatoms. The number of sulfonamides is 1. The predicted octanol–water partition coefficient (Wildman–Crippen LogP) is 2.25. The second-order valence-corrected chi connectivity index (χ2v) is 9.46. The predicted molar refractivity (Wildman–Crippen MR) is 111 cm³/mol. The van der Waals surface area contributed by atoms with Crippen molar-refractivity contribution in [3.05, 3.63) is 35.7 Å². The number of carbonyl (C=O) groups excluding carboxylic acids is 1. The summed E-state index contributed by atoms with van der Waals surface area (Å²) in [5.41, 5.74) is 1.42. The van der Waals surface area contributed by atoms with Crippen molar-refractivity contribution in [2.24, 2.45) is 0 Å². The van der Waals surface area contributed by atoms with Crippen molar-refractivity contribution in [1.29, 1.82) is 0 Å². The van der Waals surface area contributed by atoms with Gasteiger partial charge in [0, 0.05) is 32.2 Å². The molecule has 162 valence electrons. The van der Waals surface area contributed by atoms with E-state index in [1.54, 1.807) is 31.2 Å². The van der Waals surface area contributed by atoms with Crippen LogP contribution in [0.3, 0.4) is 0 Å². The topological polar surface area (TPSA) is 105 Å². The highest BCUT2D eigenvalue weighted by Gasteiger charge is 2.28. The Morgan fingerprint density at radius 2 is 1.80 bits per heavy atom. The van der Waals surface area contributed by atoms with Gasteiger partial charge in [0.25, 0.3) is 5.91 Å². The smallest absolute Gasteiger partial charge is 0.277 e. The number of amides is 1. The first-order chi connectivity index (χ1) is 14.4. The molecule has 1 aromatic heterocycles. The number of nitrogens with zero attached hydrogens (tertiary/aromatic N) is 3. The molecule has 2 fully saturated rings. The zero-order valence-electron chi connectivity index (χ0n) is 17.0. The van der Waals surface area contributed by atoms with Crippen molar-refractivity contribution in [3.63, 3.8) is 0 Å². The van der Waals surface area contributed by atoms with Crippen LogP contribution in [0.2, 0.25) is 0 Å². The van der Waals surface area contributed by atoms with Gasteiger partial charge in [-0.2, -0.15) is 4.31 Å². The zero-order chi connectivity index (χ0) is 21.1. The van der Waals surface area contributed by atoms with Crippen molar-refractivity contribution >= 4 is 27.3 Å². The Bertz CT molecular complexity index is 1010. The first kappa shape index (κ1) is 20.8. The maximum Gasteiger partial charge on any atom is 0.277 e. The Balaban J connectivity index is 1.68. The second kappa shape index (κ2) is 8.75. The zero-order valence-corrected chi connectivity index (χ0v) is 17.8. The molecule has 9 nitrogen and oxygen atoms in total. The summed E-state index contributed by atoms with van der Waals surface area (Å²) in [7, 11) is -3.68. The highest BCUT2D eigenvalue weighted by molar-refractivity contribution is 7.89. The number of rotatable bonds is 5. The van der Waals surface area contributed by atoms with Crippen molar-refractivity contribution in [3.8, 4) is 0 Å². The minimum Gasteiger partial charge on any atom is -0.379 e. The van der Waals surface area contributed by atoms with Crippen LogP contribution in [-0.2, 0) is 14.8 Å². The van der Waals surface area contributed by atoms with E-state index in [2.05, 4.69) is 15.4 Å². The SMILES string of the molecule is Cc1cc(C(=O)Nc2cc(S(=O)(=O)N3CCOCC3)ccc2N2CCCCC2)no1. The van der Waals surface area contributed by atoms with Crippen LogP contribution in [0.4, 0.5) is 11.4 Å². The van der Waals surface area contributed by atoms with Gasteiger partial charge in [0.1, 0.15) is 5.76 Å². The van der Waals surface area contributed by atoms with Crippen molar-refractivity contribution in [1.82, 2.24) is 9.46 Å². The summed E-state index contributed by atoms with van der Waals surface area (Å²) < 4.78 is 37.9. The molecule has 0 spiro atoms. The summed E-state index contributed by atoms with van der Waals surface area (Å²) in [6.45, 7) is 4.81. The average Bonchev–Trinajstić information content (AvgIpc) is 3.21. The molecule has 2 aromatic rings. The summed E-state index contributed by atoms with van der Waals surface area (Å²) in [5.74, 6) is 0.0890. The Hall–Kier alpha value is -2.43. The average molecular weight is 435 g/mol. The van der Waals surface area contributed by atoms with Crippen molar-refractivity contribution < 1.29 is 22.5 Å². The lowest BCUT2D eigenvalue weighted by Gasteiger charge is -2.31. The van der Waals surface area contributed by atoms with Gasteiger partial charge in [-0.3, -0.25) is 4.79 Å². The van der Waals surface area contributed by atoms with Crippen LogP contribution in [0, 0.1) is 6.92 Å². The van der Waals surface area contributed by atoms with Gasteiger partial charge in [-0.25, -0.2) is 8.42 Å². The van der Waals surface area contributed by atoms with Crippen LogP contribution < -0.4 is 10.2 Å². The molecular weight excluding hydrogens is 408 g/mol. The number of hydrogen-bond donors (Lipinski definition) is 1. The molecule has 0 aliphatic carbocycles. The summed E-state index contributed by atoms with van der Waals surface area (Å²) >= 11 is 0. The Kier molecular flexibility index (Phi) is 6.07. The Morgan fingerprint density at radius 1 is 1.07 bits per heavy atom. The Morgan fingerprint density at radius 3 is 2.47 bits per heavy atom. The highest BCUT2D eigenvalue weighted by atomic mass is 32.2. The number of morpholine rings is 1. The molecular formula is C20H26N4O5S. The number of aromatic nitrogens is 1. The quantitative estimate of drug-likeness (QED) is 0.769. The number of hydrogen-bond acceptors (Lipinski definition) is 7. The van der Waals surface area contributed by atoms with E-state index in [9.17, 15) is 13.2 Å². The molecule has 0 radical (unpaired) electrons. The lowest BCUT2D eigenvalue weighted by molar-refractivity contribution is 0.0730. The molecule has 0 unspecified atom stereocenters. The maximum absolute atomic E-state index is 13.1. The minimum absolute atomic E-state index is 0.150. The molecule has 0 saturated carbocycles. The number of ether oxygens (including phenoxy) is 1. The third-order valence-corrected chi connectivity index (χ3v) is 7.28. The third kappa shape index (κ3) is 4.35. The van der Waals surface area contributed by atoms with Crippen LogP contribution in [0.15, 0.2) is 33.7 Å². The summed E-state index contributed by atoms with van der Waals surface area (Å²) in [5, 5.41) is 6.60. The van der Waals surface area contributed by atoms with E-state index in [0.717, 1.165) is 31.6 Å². The number of anilines is 2. The lowest BCUT2D eigenvalue weighted by atomic mass is 10.1. The molecule has 1 N–H and O–H groups in total. The summed E-state index contributed by atoms with van der Waals surface area (Å²) in [6, 6.07) is 6.48. The molecule has 0 atom stereocenters. The molecule has 4 rings (SSSR count). The Labute approximate surface area is 176 Å². The number of benzene rings is 1. The van der Waals surface area contributed by atoms with E-state index in [4.69, 9.17) is 9.26 Å². The maximum atomic E-state index is 13.1. The lowest BCUT2D eigenvalue weighted by Crippen LogP contribution is -2.40. The van der Waals surface area contributed by atoms with Crippen LogP contribution in [0.1, 0.15) is 35.5 Å². The minimum atomic E-state index is -3.68. The van der Waals surface area contributed by atoms with Gasteiger partial charge >= 0.3 is 0 Å². The van der Waals surface area contributed by atoms with Crippen LogP contribution in [0.5, 0.6) is 0 Å². The van der Waals surface area contributed by atoms with E-state index in [-0.39, 0.29) is 10.6 Å². The number of nitrogens with one attached hydrogen (secondary N) is 1. The fourth-order valence-corrected chi connectivity index (χ4v) is 5.22. The summed E-state index contributed by atoms with van der Waals surface area (Å²) in [6.07, 6.45) is 3.29. The van der Waals surface area contributed by atoms with E-state index < -0.39 is 15.9 Å². The van der Waals surface area contributed by atoms with E-state index in [1.807, 2.05) is 0 Å². The largest absolute Gasteiger partial charge is 0.379 e. The molecule has 1 amide bonds. The number of carbonyl (C=O) groups is 1. The molecule has 1 aromatic carbocycles. The van der Waals surface area contributed by atoms with Gasteiger partial charge in [0.05, 0.1) is 29.5 Å². The standard InChI is InChI=1S/C20H26N4O5S/c1-15-13-18(22-29-15)20(25)21-17-14-16(30(26,27)24-9-11-28-12-10-24)5-6-19(17)23-7-3-2-4-8-23/h5-6,13-14H,2-4,7-12H2,1H3,(H,21,25). The van der Waals surface area contributed by atoms with Crippen molar-refractivity contribution in [2.75, 3.05) is 49.6 Å². The van der Waals surface area contributed by atoms with E-state index >= 15 is 0 Å². The molecule has 2 aliphatic heterocycles. The fourth-order valence-electron chi connectivity index (χ4n) is 3.78. The van der Waals surface area contributed by atoms with Gasteiger partial charge in [0.2, 0.25) is 10.0 Å². The van der Waals surface area contributed by atoms with E-state index in [0.29, 0.717) is 37.8 Å².